The van der Waals surface area contributed by atoms with Crippen LogP contribution in [0.3, 0.4) is 0 Å². The van der Waals surface area contributed by atoms with Crippen LogP contribution in [0.15, 0.2) is 36.7 Å². The molecule has 2 aromatic rings. The first-order chi connectivity index (χ1) is 9.00. The first-order valence-corrected chi connectivity index (χ1v) is 6.19. The molecule has 1 amide bonds. The quantitative estimate of drug-likeness (QED) is 0.865. The Morgan fingerprint density at radius 1 is 1.26 bits per heavy atom. The molecular formula is C13H11Cl2N3O. The van der Waals surface area contributed by atoms with Crippen molar-refractivity contribution in [2.75, 3.05) is 17.7 Å². The first kappa shape index (κ1) is 13.6. The number of amides is 1. The molecule has 0 saturated heterocycles. The van der Waals surface area contributed by atoms with Gasteiger partial charge in [0.05, 0.1) is 15.6 Å². The Hall–Kier alpha value is -1.78. The van der Waals surface area contributed by atoms with E-state index in [1.807, 2.05) is 0 Å². The van der Waals surface area contributed by atoms with Gasteiger partial charge < -0.3 is 10.6 Å². The highest BCUT2D eigenvalue weighted by Gasteiger charge is 2.18. The van der Waals surface area contributed by atoms with Crippen LogP contribution in [0.4, 0.5) is 11.4 Å². The number of rotatable bonds is 2. The molecule has 4 nitrogen and oxygen atoms in total. The average molecular weight is 296 g/mol. The number of halogens is 2. The molecule has 0 bridgehead atoms. The summed E-state index contributed by atoms with van der Waals surface area (Å²) in [4.78, 5) is 17.7. The number of carbonyl (C=O) groups excluding carboxylic acids is 1. The van der Waals surface area contributed by atoms with Crippen LogP contribution in [0.5, 0.6) is 0 Å². The summed E-state index contributed by atoms with van der Waals surface area (Å²) in [6.45, 7) is 0. The normalized spacial score (nSPS) is 10.3. The minimum Gasteiger partial charge on any atom is -0.399 e. The number of hydrogen-bond acceptors (Lipinski definition) is 3. The summed E-state index contributed by atoms with van der Waals surface area (Å²) >= 11 is 12.0. The number of anilines is 2. The van der Waals surface area contributed by atoms with E-state index in [0.29, 0.717) is 11.4 Å². The molecule has 0 radical (unpaired) electrons. The lowest BCUT2D eigenvalue weighted by Gasteiger charge is -2.18. The highest BCUT2D eigenvalue weighted by atomic mass is 35.5. The van der Waals surface area contributed by atoms with Gasteiger partial charge in [0.25, 0.3) is 5.91 Å². The zero-order chi connectivity index (χ0) is 14.0. The molecule has 0 fully saturated rings. The molecule has 0 spiro atoms. The summed E-state index contributed by atoms with van der Waals surface area (Å²) in [6.07, 6.45) is 3.21. The fourth-order valence-electron chi connectivity index (χ4n) is 1.63. The molecule has 19 heavy (non-hydrogen) atoms. The van der Waals surface area contributed by atoms with Gasteiger partial charge in [-0.25, -0.2) is 0 Å². The topological polar surface area (TPSA) is 59.2 Å². The van der Waals surface area contributed by atoms with Gasteiger partial charge in [-0.15, -0.1) is 0 Å². The number of benzene rings is 1. The van der Waals surface area contributed by atoms with Crippen LogP contribution >= 0.6 is 23.2 Å². The summed E-state index contributed by atoms with van der Waals surface area (Å²) < 4.78 is 0. The van der Waals surface area contributed by atoms with Crippen LogP contribution in [0.25, 0.3) is 0 Å². The third kappa shape index (κ3) is 2.80. The lowest BCUT2D eigenvalue weighted by Crippen LogP contribution is -2.26. The van der Waals surface area contributed by atoms with Gasteiger partial charge >= 0.3 is 0 Å². The maximum atomic E-state index is 12.4. The number of aromatic nitrogens is 1. The van der Waals surface area contributed by atoms with Crippen molar-refractivity contribution in [1.82, 2.24) is 4.98 Å². The van der Waals surface area contributed by atoms with E-state index >= 15 is 0 Å². The lowest BCUT2D eigenvalue weighted by atomic mass is 10.1. The Labute approximate surface area is 120 Å². The predicted molar refractivity (Wildman–Crippen MR) is 77.8 cm³/mol. The molecule has 1 aromatic carbocycles. The lowest BCUT2D eigenvalue weighted by molar-refractivity contribution is 0.0993. The van der Waals surface area contributed by atoms with E-state index in [1.165, 1.54) is 17.0 Å². The van der Waals surface area contributed by atoms with Gasteiger partial charge in [0.1, 0.15) is 0 Å². The van der Waals surface area contributed by atoms with Crippen molar-refractivity contribution in [3.8, 4) is 0 Å². The molecule has 0 aliphatic rings. The SMILES string of the molecule is CN(C(=O)c1cc(N)cc(Cl)c1Cl)c1ccncc1. The van der Waals surface area contributed by atoms with Gasteiger partial charge in [0, 0.05) is 30.8 Å². The first-order valence-electron chi connectivity index (χ1n) is 5.43. The zero-order valence-corrected chi connectivity index (χ0v) is 11.6. The van der Waals surface area contributed by atoms with E-state index in [4.69, 9.17) is 28.9 Å². The van der Waals surface area contributed by atoms with Crippen molar-refractivity contribution >= 4 is 40.5 Å². The summed E-state index contributed by atoms with van der Waals surface area (Å²) in [5.41, 5.74) is 7.04. The fraction of sp³-hybridized carbons (Fsp3) is 0.0769. The Morgan fingerprint density at radius 2 is 1.89 bits per heavy atom. The van der Waals surface area contributed by atoms with Gasteiger partial charge in [-0.2, -0.15) is 0 Å². The van der Waals surface area contributed by atoms with E-state index < -0.39 is 0 Å². The minimum absolute atomic E-state index is 0.196. The molecular weight excluding hydrogens is 285 g/mol. The van der Waals surface area contributed by atoms with Crippen LogP contribution in [0, 0.1) is 0 Å². The molecule has 98 valence electrons. The molecule has 6 heteroatoms. The highest BCUT2D eigenvalue weighted by Crippen LogP contribution is 2.30. The van der Waals surface area contributed by atoms with E-state index in [9.17, 15) is 4.79 Å². The summed E-state index contributed by atoms with van der Waals surface area (Å²) in [6, 6.07) is 6.46. The molecule has 0 atom stereocenters. The van der Waals surface area contributed by atoms with Crippen LogP contribution in [0.2, 0.25) is 10.0 Å². The van der Waals surface area contributed by atoms with Crippen LogP contribution in [-0.4, -0.2) is 17.9 Å². The molecule has 1 aromatic heterocycles. The fourth-order valence-corrected chi connectivity index (χ4v) is 2.05. The number of nitrogens with two attached hydrogens (primary N) is 1. The maximum absolute atomic E-state index is 12.4. The van der Waals surface area contributed by atoms with Crippen molar-refractivity contribution in [2.24, 2.45) is 0 Å². The van der Waals surface area contributed by atoms with Gasteiger partial charge in [-0.05, 0) is 24.3 Å². The molecule has 0 unspecified atom stereocenters. The highest BCUT2D eigenvalue weighted by molar-refractivity contribution is 6.44. The standard InChI is InChI=1S/C13H11Cl2N3O/c1-18(9-2-4-17-5-3-9)13(19)10-6-8(16)7-11(14)12(10)15/h2-7H,16H2,1H3. The van der Waals surface area contributed by atoms with Crippen LogP contribution in [0.1, 0.15) is 10.4 Å². The van der Waals surface area contributed by atoms with Crippen molar-refractivity contribution in [2.45, 2.75) is 0 Å². The number of nitrogens with zero attached hydrogens (tertiary/aromatic N) is 2. The second-order valence-corrected chi connectivity index (χ2v) is 4.72. The summed E-state index contributed by atoms with van der Waals surface area (Å²) in [5.74, 6) is -0.287. The molecule has 0 aliphatic heterocycles. The van der Waals surface area contributed by atoms with Gasteiger partial charge in [0.2, 0.25) is 0 Å². The maximum Gasteiger partial charge on any atom is 0.259 e. The smallest absolute Gasteiger partial charge is 0.259 e. The van der Waals surface area contributed by atoms with E-state index in [0.717, 1.165) is 0 Å². The summed E-state index contributed by atoms with van der Waals surface area (Å²) in [7, 11) is 1.64. The van der Waals surface area contributed by atoms with E-state index in [-0.39, 0.29) is 21.5 Å². The van der Waals surface area contributed by atoms with Gasteiger partial charge in [-0.3, -0.25) is 9.78 Å². The largest absolute Gasteiger partial charge is 0.399 e. The Morgan fingerprint density at radius 3 is 2.53 bits per heavy atom. The van der Waals surface area contributed by atoms with Crippen molar-refractivity contribution in [1.29, 1.82) is 0 Å². The van der Waals surface area contributed by atoms with Gasteiger partial charge in [-0.1, -0.05) is 23.2 Å². The molecule has 1 heterocycles. The van der Waals surface area contributed by atoms with Crippen molar-refractivity contribution in [3.05, 3.63) is 52.3 Å². The second-order valence-electron chi connectivity index (χ2n) is 3.93. The monoisotopic (exact) mass is 295 g/mol. The Balaban J connectivity index is 2.40. The minimum atomic E-state index is -0.287. The van der Waals surface area contributed by atoms with Gasteiger partial charge in [0.15, 0.2) is 0 Å². The number of hydrogen-bond donors (Lipinski definition) is 1. The molecule has 0 saturated carbocycles. The van der Waals surface area contributed by atoms with Crippen molar-refractivity contribution in [3.63, 3.8) is 0 Å². The molecule has 2 rings (SSSR count). The molecule has 0 aliphatic carbocycles. The average Bonchev–Trinajstić information content (AvgIpc) is 2.42. The number of carbonyl (C=O) groups is 1. The number of nitrogen functional groups attached to an aromatic ring is 1. The third-order valence-electron chi connectivity index (χ3n) is 2.64. The third-order valence-corrected chi connectivity index (χ3v) is 3.44. The zero-order valence-electron chi connectivity index (χ0n) is 10.1. The van der Waals surface area contributed by atoms with E-state index in [1.54, 1.807) is 31.6 Å². The van der Waals surface area contributed by atoms with Crippen LogP contribution < -0.4 is 10.6 Å². The second kappa shape index (κ2) is 5.47. The Bertz CT molecular complexity index is 617. The summed E-state index contributed by atoms with van der Waals surface area (Å²) in [5, 5.41) is 0.454. The van der Waals surface area contributed by atoms with Crippen LogP contribution in [-0.2, 0) is 0 Å². The predicted octanol–water partition coefficient (Wildman–Crippen LogP) is 3.25. The Kier molecular flexibility index (Phi) is 3.93. The molecule has 2 N–H and O–H groups in total. The number of pyridine rings is 1. The van der Waals surface area contributed by atoms with Crippen molar-refractivity contribution < 1.29 is 4.79 Å². The van der Waals surface area contributed by atoms with E-state index in [2.05, 4.69) is 4.98 Å².